The lowest BCUT2D eigenvalue weighted by molar-refractivity contribution is 0.0697. The lowest BCUT2D eigenvalue weighted by Crippen LogP contribution is -2.40. The Balaban J connectivity index is 1.69. The van der Waals surface area contributed by atoms with E-state index >= 15 is 0 Å². The van der Waals surface area contributed by atoms with E-state index in [9.17, 15) is 4.79 Å². The number of nitrogens with one attached hydrogen (secondary N) is 1. The smallest absolute Gasteiger partial charge is 0.264 e. The van der Waals surface area contributed by atoms with Gasteiger partial charge in [0.2, 0.25) is 0 Å². The van der Waals surface area contributed by atoms with Crippen LogP contribution in [0.2, 0.25) is 0 Å². The number of fused-ring (bicyclic) bond motifs is 3. The first kappa shape index (κ1) is 15.3. The van der Waals surface area contributed by atoms with Gasteiger partial charge in [0.25, 0.3) is 5.91 Å². The van der Waals surface area contributed by atoms with E-state index in [0.717, 1.165) is 28.1 Å². The number of hydrogen-bond acceptors (Lipinski definition) is 3. The fraction of sp³-hybridized carbons (Fsp3) is 0.143. The molecule has 3 aromatic heterocycles. The molecule has 1 N–H and O–H groups in total. The first-order valence-corrected chi connectivity index (χ1v) is 9.55. The van der Waals surface area contributed by atoms with Gasteiger partial charge in [-0.05, 0) is 41.1 Å². The summed E-state index contributed by atoms with van der Waals surface area (Å²) in [5, 5.41) is 3.20. The molecule has 0 bridgehead atoms. The molecule has 0 fully saturated rings. The molecule has 1 aromatic carbocycles. The van der Waals surface area contributed by atoms with Gasteiger partial charge < -0.3 is 9.88 Å². The van der Waals surface area contributed by atoms with Crippen LogP contribution >= 0.6 is 11.3 Å². The fourth-order valence-electron chi connectivity index (χ4n) is 3.89. The molecule has 1 aliphatic rings. The van der Waals surface area contributed by atoms with E-state index in [4.69, 9.17) is 0 Å². The fourth-order valence-corrected chi connectivity index (χ4v) is 4.56. The molecule has 0 saturated heterocycles. The van der Waals surface area contributed by atoms with Gasteiger partial charge in [0.1, 0.15) is 0 Å². The van der Waals surface area contributed by atoms with Gasteiger partial charge in [-0.2, -0.15) is 0 Å². The van der Waals surface area contributed by atoms with Gasteiger partial charge in [0.15, 0.2) is 0 Å². The maximum absolute atomic E-state index is 13.2. The Morgan fingerprint density at radius 2 is 2.08 bits per heavy atom. The standard InChI is InChI=1S/C21H17N3OS/c25-21(18-8-4-12-26-18)24-11-9-16-15-6-1-2-7-17(15)23-19(16)20(24)14-5-3-10-22-13-14/h1-8,10,12-13,20,23H,9,11H2/t20-/m1/s1. The molecule has 0 spiro atoms. The summed E-state index contributed by atoms with van der Waals surface area (Å²) in [7, 11) is 0. The molecule has 0 saturated carbocycles. The van der Waals surface area contributed by atoms with Crippen LogP contribution in [0.3, 0.4) is 0 Å². The predicted molar refractivity (Wildman–Crippen MR) is 103 cm³/mol. The van der Waals surface area contributed by atoms with Crippen LogP contribution in [-0.2, 0) is 6.42 Å². The van der Waals surface area contributed by atoms with E-state index in [1.54, 1.807) is 6.20 Å². The lowest BCUT2D eigenvalue weighted by Gasteiger charge is -2.35. The third-order valence-electron chi connectivity index (χ3n) is 5.03. The van der Waals surface area contributed by atoms with E-state index in [0.29, 0.717) is 6.54 Å². The minimum absolute atomic E-state index is 0.0816. The number of benzene rings is 1. The number of rotatable bonds is 2. The van der Waals surface area contributed by atoms with Crippen molar-refractivity contribution in [3.05, 3.63) is 88.0 Å². The second kappa shape index (κ2) is 6.11. The summed E-state index contributed by atoms with van der Waals surface area (Å²) < 4.78 is 0. The van der Waals surface area contributed by atoms with Crippen molar-refractivity contribution in [2.75, 3.05) is 6.54 Å². The molecule has 4 nitrogen and oxygen atoms in total. The maximum atomic E-state index is 13.2. The first-order chi connectivity index (χ1) is 12.8. The quantitative estimate of drug-likeness (QED) is 0.576. The van der Waals surface area contributed by atoms with Gasteiger partial charge in [0, 0.05) is 35.5 Å². The van der Waals surface area contributed by atoms with Gasteiger partial charge in [-0.15, -0.1) is 11.3 Å². The van der Waals surface area contributed by atoms with Gasteiger partial charge in [0.05, 0.1) is 10.9 Å². The minimum atomic E-state index is -0.144. The molecule has 4 aromatic rings. The van der Waals surface area contributed by atoms with E-state index in [1.807, 2.05) is 46.8 Å². The number of carbonyl (C=O) groups is 1. The van der Waals surface area contributed by atoms with Crippen LogP contribution in [0.4, 0.5) is 0 Å². The Hall–Kier alpha value is -2.92. The first-order valence-electron chi connectivity index (χ1n) is 8.67. The Kier molecular flexibility index (Phi) is 3.60. The van der Waals surface area contributed by atoms with E-state index in [1.165, 1.54) is 22.3 Å². The van der Waals surface area contributed by atoms with E-state index in [2.05, 4.69) is 28.2 Å². The number of para-hydroxylation sites is 1. The van der Waals surface area contributed by atoms with Crippen molar-refractivity contribution in [1.29, 1.82) is 0 Å². The average molecular weight is 359 g/mol. The molecule has 5 heteroatoms. The van der Waals surface area contributed by atoms with Crippen LogP contribution in [0.25, 0.3) is 10.9 Å². The minimum Gasteiger partial charge on any atom is -0.356 e. The zero-order chi connectivity index (χ0) is 17.5. The summed E-state index contributed by atoms with van der Waals surface area (Å²) >= 11 is 1.49. The number of thiophene rings is 1. The highest BCUT2D eigenvalue weighted by Gasteiger charge is 2.35. The van der Waals surface area contributed by atoms with Crippen LogP contribution < -0.4 is 0 Å². The van der Waals surface area contributed by atoms with Crippen molar-refractivity contribution < 1.29 is 4.79 Å². The molecule has 26 heavy (non-hydrogen) atoms. The number of H-pyrrole nitrogens is 1. The van der Waals surface area contributed by atoms with Gasteiger partial charge >= 0.3 is 0 Å². The Bertz CT molecular complexity index is 1070. The zero-order valence-electron chi connectivity index (χ0n) is 14.1. The average Bonchev–Trinajstić information content (AvgIpc) is 3.35. The number of carbonyl (C=O) groups excluding carboxylic acids is 1. The summed E-state index contributed by atoms with van der Waals surface area (Å²) in [6, 6.07) is 16.0. The summed E-state index contributed by atoms with van der Waals surface area (Å²) in [4.78, 5) is 23.8. The highest BCUT2D eigenvalue weighted by atomic mass is 32.1. The highest BCUT2D eigenvalue weighted by Crippen LogP contribution is 2.39. The molecule has 0 aliphatic carbocycles. The molecule has 0 unspecified atom stereocenters. The molecular weight excluding hydrogens is 342 g/mol. The van der Waals surface area contributed by atoms with Crippen molar-refractivity contribution in [2.24, 2.45) is 0 Å². The number of aromatic nitrogens is 2. The number of hydrogen-bond donors (Lipinski definition) is 1. The maximum Gasteiger partial charge on any atom is 0.264 e. The topological polar surface area (TPSA) is 49.0 Å². The highest BCUT2D eigenvalue weighted by molar-refractivity contribution is 7.12. The van der Waals surface area contributed by atoms with Crippen molar-refractivity contribution in [3.8, 4) is 0 Å². The SMILES string of the molecule is O=C(c1cccs1)N1CCc2c([nH]c3ccccc23)[C@H]1c1cccnc1. The van der Waals surface area contributed by atoms with Gasteiger partial charge in [-0.1, -0.05) is 30.3 Å². The monoisotopic (exact) mass is 359 g/mol. The Morgan fingerprint density at radius 3 is 2.88 bits per heavy atom. The van der Waals surface area contributed by atoms with Gasteiger partial charge in [-0.3, -0.25) is 9.78 Å². The molecule has 5 rings (SSSR count). The predicted octanol–water partition coefficient (Wildman–Crippen LogP) is 4.41. The van der Waals surface area contributed by atoms with Crippen LogP contribution in [0.1, 0.15) is 32.5 Å². The zero-order valence-corrected chi connectivity index (χ0v) is 14.9. The molecule has 1 atom stereocenters. The number of amides is 1. The third kappa shape index (κ3) is 2.35. The number of aromatic amines is 1. The van der Waals surface area contributed by atoms with Crippen LogP contribution in [-0.4, -0.2) is 27.3 Å². The molecule has 1 amide bonds. The van der Waals surface area contributed by atoms with Crippen molar-refractivity contribution in [1.82, 2.24) is 14.9 Å². The second-order valence-electron chi connectivity index (χ2n) is 6.48. The summed E-state index contributed by atoms with van der Waals surface area (Å²) in [5.74, 6) is 0.0816. The van der Waals surface area contributed by atoms with Crippen molar-refractivity contribution in [2.45, 2.75) is 12.5 Å². The molecule has 1 aliphatic heterocycles. The van der Waals surface area contributed by atoms with E-state index < -0.39 is 0 Å². The third-order valence-corrected chi connectivity index (χ3v) is 5.89. The van der Waals surface area contributed by atoms with Crippen molar-refractivity contribution >= 4 is 28.1 Å². The summed E-state index contributed by atoms with van der Waals surface area (Å²) in [6.07, 6.45) is 4.48. The van der Waals surface area contributed by atoms with Crippen LogP contribution in [0, 0.1) is 0 Å². The molecular formula is C21H17N3OS. The Morgan fingerprint density at radius 1 is 1.15 bits per heavy atom. The summed E-state index contributed by atoms with van der Waals surface area (Å²) in [5.41, 5.74) is 4.57. The molecule has 128 valence electrons. The number of pyridine rings is 1. The number of nitrogens with zero attached hydrogens (tertiary/aromatic N) is 2. The van der Waals surface area contributed by atoms with Crippen LogP contribution in [0.5, 0.6) is 0 Å². The van der Waals surface area contributed by atoms with Crippen molar-refractivity contribution in [3.63, 3.8) is 0 Å². The normalized spacial score (nSPS) is 16.6. The largest absolute Gasteiger partial charge is 0.356 e. The molecule has 4 heterocycles. The summed E-state index contributed by atoms with van der Waals surface area (Å²) in [6.45, 7) is 0.700. The van der Waals surface area contributed by atoms with Crippen LogP contribution in [0.15, 0.2) is 66.3 Å². The van der Waals surface area contributed by atoms with Gasteiger partial charge in [-0.25, -0.2) is 0 Å². The second-order valence-corrected chi connectivity index (χ2v) is 7.43. The van der Waals surface area contributed by atoms with E-state index in [-0.39, 0.29) is 11.9 Å². The Labute approximate surface area is 155 Å². The lowest BCUT2D eigenvalue weighted by atomic mass is 9.93. The molecule has 0 radical (unpaired) electrons.